The van der Waals surface area contributed by atoms with Crippen molar-refractivity contribution in [2.75, 3.05) is 30.1 Å². The van der Waals surface area contributed by atoms with E-state index < -0.39 is 15.7 Å². The predicted molar refractivity (Wildman–Crippen MR) is 78.1 cm³/mol. The molecule has 2 N–H and O–H groups in total. The van der Waals surface area contributed by atoms with E-state index in [2.05, 4.69) is 4.74 Å². The van der Waals surface area contributed by atoms with E-state index >= 15 is 0 Å². The molecule has 0 unspecified atom stereocenters. The smallest absolute Gasteiger partial charge is 0.306 e. The van der Waals surface area contributed by atoms with Crippen molar-refractivity contribution in [3.63, 3.8) is 0 Å². The fourth-order valence-electron chi connectivity index (χ4n) is 1.76. The van der Waals surface area contributed by atoms with Gasteiger partial charge in [-0.05, 0) is 24.0 Å². The molecule has 0 heterocycles. The largest absolute Gasteiger partial charge is 0.469 e. The lowest BCUT2D eigenvalue weighted by molar-refractivity contribution is -0.141. The Hall–Kier alpha value is -0.760. The van der Waals surface area contributed by atoms with Crippen LogP contribution in [0.15, 0.2) is 0 Å². The van der Waals surface area contributed by atoms with Crippen molar-refractivity contribution in [3.8, 4) is 0 Å². The third-order valence-electron chi connectivity index (χ3n) is 3.31. The van der Waals surface area contributed by atoms with Crippen LogP contribution in [0.4, 0.5) is 0 Å². The predicted octanol–water partition coefficient (Wildman–Crippen LogP) is 0.353. The monoisotopic (exact) mass is 323 g/mol. The zero-order valence-electron chi connectivity index (χ0n) is 11.6. The van der Waals surface area contributed by atoms with Gasteiger partial charge in [0.2, 0.25) is 5.91 Å². The van der Waals surface area contributed by atoms with Crippen LogP contribution in [-0.4, -0.2) is 50.4 Å². The number of nitrogens with two attached hydrogens (primary N) is 1. The number of hydrogen-bond acceptors (Lipinski definition) is 6. The van der Waals surface area contributed by atoms with E-state index in [4.69, 9.17) is 5.73 Å². The minimum atomic E-state index is -3.21. The van der Waals surface area contributed by atoms with Crippen LogP contribution >= 0.6 is 11.8 Å². The van der Waals surface area contributed by atoms with Gasteiger partial charge in [0.05, 0.1) is 25.0 Å². The topological polar surface area (TPSA) is 104 Å². The number of primary amides is 1. The molecule has 0 radical (unpaired) electrons. The molecule has 6 nitrogen and oxygen atoms in total. The molecule has 1 amide bonds. The first kappa shape index (κ1) is 17.3. The average molecular weight is 323 g/mol. The summed E-state index contributed by atoms with van der Waals surface area (Å²) >= 11 is 1.53. The Morgan fingerprint density at radius 1 is 1.30 bits per heavy atom. The number of sulfone groups is 1. The molecule has 116 valence electrons. The summed E-state index contributed by atoms with van der Waals surface area (Å²) in [4.78, 5) is 21.8. The molecular formula is C12H21NO5S2. The number of hydrogen-bond donors (Lipinski definition) is 1. The third-order valence-corrected chi connectivity index (χ3v) is 6.53. The number of ether oxygens (including phenoxy) is 1. The fraction of sp³-hybridized carbons (Fsp3) is 0.833. The number of amides is 1. The second-order valence-electron chi connectivity index (χ2n) is 5.17. The van der Waals surface area contributed by atoms with Crippen LogP contribution in [0.25, 0.3) is 0 Å². The van der Waals surface area contributed by atoms with Crippen molar-refractivity contribution in [3.05, 3.63) is 0 Å². The molecule has 0 aromatic carbocycles. The summed E-state index contributed by atoms with van der Waals surface area (Å²) in [7, 11) is -1.84. The van der Waals surface area contributed by atoms with Crippen molar-refractivity contribution >= 4 is 33.5 Å². The molecule has 1 aliphatic carbocycles. The number of thioether (sulfide) groups is 1. The maximum atomic E-state index is 11.6. The first-order chi connectivity index (χ1) is 9.29. The summed E-state index contributed by atoms with van der Waals surface area (Å²) in [6, 6.07) is 0. The van der Waals surface area contributed by atoms with Gasteiger partial charge in [0.25, 0.3) is 0 Å². The lowest BCUT2D eigenvalue weighted by Gasteiger charge is -2.12. The van der Waals surface area contributed by atoms with Gasteiger partial charge in [0, 0.05) is 12.2 Å². The SMILES string of the molecule is COC(=O)CC1(CSCCS(=O)(=O)CCC(N)=O)CC1. The van der Waals surface area contributed by atoms with Crippen molar-refractivity contribution in [2.45, 2.75) is 25.7 Å². The Morgan fingerprint density at radius 3 is 2.45 bits per heavy atom. The van der Waals surface area contributed by atoms with Gasteiger partial charge in [-0.25, -0.2) is 8.42 Å². The first-order valence-electron chi connectivity index (χ1n) is 6.42. The summed E-state index contributed by atoms with van der Waals surface area (Å²) in [6.07, 6.45) is 2.26. The minimum Gasteiger partial charge on any atom is -0.469 e. The standard InChI is InChI=1S/C12H21NO5S2/c1-18-11(15)8-12(3-4-12)9-19-5-7-20(16,17)6-2-10(13)14/h2-9H2,1H3,(H2,13,14). The highest BCUT2D eigenvalue weighted by Crippen LogP contribution is 2.51. The van der Waals surface area contributed by atoms with Crippen LogP contribution in [0.3, 0.4) is 0 Å². The van der Waals surface area contributed by atoms with E-state index in [9.17, 15) is 18.0 Å². The molecule has 1 fully saturated rings. The molecule has 0 atom stereocenters. The molecule has 1 saturated carbocycles. The maximum absolute atomic E-state index is 11.6. The summed E-state index contributed by atoms with van der Waals surface area (Å²) < 4.78 is 27.9. The van der Waals surface area contributed by atoms with Crippen LogP contribution in [-0.2, 0) is 24.2 Å². The van der Waals surface area contributed by atoms with Crippen LogP contribution in [0.5, 0.6) is 0 Å². The van der Waals surface area contributed by atoms with Crippen LogP contribution in [0.2, 0.25) is 0 Å². The second kappa shape index (κ2) is 7.31. The molecule has 0 bridgehead atoms. The minimum absolute atomic E-state index is 0.00868. The second-order valence-corrected chi connectivity index (χ2v) is 8.58. The van der Waals surface area contributed by atoms with Crippen molar-refractivity contribution in [1.82, 2.24) is 0 Å². The fourth-order valence-corrected chi connectivity index (χ4v) is 4.93. The van der Waals surface area contributed by atoms with E-state index in [0.717, 1.165) is 18.6 Å². The van der Waals surface area contributed by atoms with Crippen molar-refractivity contribution in [2.24, 2.45) is 11.1 Å². The number of esters is 1. The maximum Gasteiger partial charge on any atom is 0.306 e. The van der Waals surface area contributed by atoms with Gasteiger partial charge in [-0.2, -0.15) is 11.8 Å². The molecule has 0 aromatic heterocycles. The van der Waals surface area contributed by atoms with Gasteiger partial charge >= 0.3 is 5.97 Å². The number of rotatable bonds is 10. The van der Waals surface area contributed by atoms with Crippen molar-refractivity contribution in [1.29, 1.82) is 0 Å². The van der Waals surface area contributed by atoms with E-state index in [1.807, 2.05) is 0 Å². The van der Waals surface area contributed by atoms with E-state index in [1.54, 1.807) is 0 Å². The Kier molecular flexibility index (Phi) is 6.32. The molecule has 0 spiro atoms. The van der Waals surface area contributed by atoms with Gasteiger partial charge in [0.1, 0.15) is 0 Å². The van der Waals surface area contributed by atoms with Crippen molar-refractivity contribution < 1.29 is 22.7 Å². The summed E-state index contributed by atoms with van der Waals surface area (Å²) in [5, 5.41) is 0. The zero-order chi connectivity index (χ0) is 15.2. The normalized spacial score (nSPS) is 16.6. The quantitative estimate of drug-likeness (QED) is 0.460. The highest BCUT2D eigenvalue weighted by molar-refractivity contribution is 8.00. The molecular weight excluding hydrogens is 302 g/mol. The van der Waals surface area contributed by atoms with Crippen LogP contribution in [0.1, 0.15) is 25.7 Å². The number of carbonyl (C=O) groups excluding carboxylic acids is 2. The lowest BCUT2D eigenvalue weighted by atomic mass is 10.1. The van der Waals surface area contributed by atoms with Crippen LogP contribution < -0.4 is 5.73 Å². The van der Waals surface area contributed by atoms with Gasteiger partial charge in [-0.15, -0.1) is 0 Å². The summed E-state index contributed by atoms with van der Waals surface area (Å²) in [6.45, 7) is 0. The molecule has 20 heavy (non-hydrogen) atoms. The summed E-state index contributed by atoms with van der Waals surface area (Å²) in [5.41, 5.74) is 4.94. The first-order valence-corrected chi connectivity index (χ1v) is 9.39. The molecule has 0 aliphatic heterocycles. The average Bonchev–Trinajstić information content (AvgIpc) is 3.12. The van der Waals surface area contributed by atoms with Gasteiger partial charge in [-0.1, -0.05) is 0 Å². The third kappa shape index (κ3) is 6.60. The number of carbonyl (C=O) groups is 2. The highest BCUT2D eigenvalue weighted by atomic mass is 32.2. The van der Waals surface area contributed by atoms with Crippen LogP contribution in [0, 0.1) is 5.41 Å². The van der Waals surface area contributed by atoms with E-state index in [0.29, 0.717) is 12.2 Å². The molecule has 1 aliphatic rings. The lowest BCUT2D eigenvalue weighted by Crippen LogP contribution is -2.20. The number of methoxy groups -OCH3 is 1. The Labute approximate surface area is 123 Å². The van der Waals surface area contributed by atoms with Gasteiger partial charge in [0.15, 0.2) is 9.84 Å². The molecule has 0 aromatic rings. The zero-order valence-corrected chi connectivity index (χ0v) is 13.2. The Bertz CT molecular complexity index is 456. The Balaban J connectivity index is 2.21. The van der Waals surface area contributed by atoms with Gasteiger partial charge < -0.3 is 10.5 Å². The summed E-state index contributed by atoms with van der Waals surface area (Å²) in [5.74, 6) is 0.292. The highest BCUT2D eigenvalue weighted by Gasteiger charge is 2.44. The molecule has 1 rings (SSSR count). The van der Waals surface area contributed by atoms with E-state index in [-0.39, 0.29) is 29.3 Å². The van der Waals surface area contributed by atoms with E-state index in [1.165, 1.54) is 18.9 Å². The molecule has 0 saturated heterocycles. The van der Waals surface area contributed by atoms with Gasteiger partial charge in [-0.3, -0.25) is 9.59 Å². The Morgan fingerprint density at radius 2 is 1.95 bits per heavy atom. The molecule has 8 heteroatoms.